The molecule has 0 amide bonds. The molecule has 1 saturated carbocycles. The Hall–Kier alpha value is -0.770. The zero-order chi connectivity index (χ0) is 15.0. The lowest BCUT2D eigenvalue weighted by atomic mass is 9.89. The summed E-state index contributed by atoms with van der Waals surface area (Å²) in [6.45, 7) is 8.21. The van der Waals surface area contributed by atoms with E-state index in [9.17, 15) is 4.79 Å². The number of carbonyl (C=O) groups excluding carboxylic acids is 1. The molecule has 20 heavy (non-hydrogen) atoms. The molecule has 0 N–H and O–H groups in total. The predicted octanol–water partition coefficient (Wildman–Crippen LogP) is 5.01. The van der Waals surface area contributed by atoms with Gasteiger partial charge in [0.15, 0.2) is 0 Å². The molecule has 0 aromatic carbocycles. The van der Waals surface area contributed by atoms with Crippen LogP contribution in [0.5, 0.6) is 0 Å². The molecule has 0 spiro atoms. The molecule has 4 heteroatoms. The van der Waals surface area contributed by atoms with Crippen LogP contribution in [-0.2, 0) is 14.5 Å². The molecule has 0 saturated heterocycles. The lowest BCUT2D eigenvalue weighted by Crippen LogP contribution is -2.29. The van der Waals surface area contributed by atoms with Gasteiger partial charge in [0.25, 0.3) is 0 Å². The molecule has 0 bridgehead atoms. The first-order chi connectivity index (χ1) is 9.43. The molecular formula is C16H30O4. The highest BCUT2D eigenvalue weighted by molar-refractivity contribution is 5.59. The number of hydrogen-bond acceptors (Lipinski definition) is 4. The second-order valence-electron chi connectivity index (χ2n) is 6.65. The van der Waals surface area contributed by atoms with Crippen molar-refractivity contribution in [2.24, 2.45) is 5.92 Å². The summed E-state index contributed by atoms with van der Waals surface area (Å²) in [5, 5.41) is 0. The van der Waals surface area contributed by atoms with Crippen molar-refractivity contribution in [2.45, 2.75) is 90.8 Å². The summed E-state index contributed by atoms with van der Waals surface area (Å²) in [5.74, 6) is 0.618. The van der Waals surface area contributed by atoms with Crippen LogP contribution in [0.25, 0.3) is 0 Å². The van der Waals surface area contributed by atoms with Crippen molar-refractivity contribution in [3.8, 4) is 0 Å². The van der Waals surface area contributed by atoms with E-state index in [0.717, 1.165) is 38.5 Å². The van der Waals surface area contributed by atoms with Crippen molar-refractivity contribution in [3.05, 3.63) is 0 Å². The third-order valence-electron chi connectivity index (χ3n) is 3.87. The van der Waals surface area contributed by atoms with Crippen LogP contribution >= 0.6 is 0 Å². The van der Waals surface area contributed by atoms with E-state index in [2.05, 4.69) is 13.8 Å². The molecule has 0 aromatic rings. The first-order valence-electron chi connectivity index (χ1n) is 7.99. The highest BCUT2D eigenvalue weighted by atomic mass is 17.2. The maximum Gasteiger partial charge on any atom is 0.540 e. The smallest absolute Gasteiger partial charge is 0.429 e. The Kier molecular flexibility index (Phi) is 7.35. The first-order valence-corrected chi connectivity index (χ1v) is 7.99. The zero-order valence-electron chi connectivity index (χ0n) is 13.4. The minimum Gasteiger partial charge on any atom is -0.429 e. The molecule has 0 radical (unpaired) electrons. The quantitative estimate of drug-likeness (QED) is 0.285. The fourth-order valence-electron chi connectivity index (χ4n) is 2.63. The molecule has 4 nitrogen and oxygen atoms in total. The molecule has 0 aromatic heterocycles. The largest absolute Gasteiger partial charge is 0.540 e. The Labute approximate surface area is 123 Å². The fourth-order valence-corrected chi connectivity index (χ4v) is 2.63. The van der Waals surface area contributed by atoms with Gasteiger partial charge in [0.05, 0.1) is 0 Å². The normalized spacial score (nSPS) is 23.4. The van der Waals surface area contributed by atoms with Crippen molar-refractivity contribution in [1.82, 2.24) is 0 Å². The summed E-state index contributed by atoms with van der Waals surface area (Å²) in [5.41, 5.74) is -0.450. The monoisotopic (exact) mass is 286 g/mol. The van der Waals surface area contributed by atoms with Crippen LogP contribution in [0.1, 0.15) is 79.1 Å². The number of unbranched alkanes of at least 4 members (excludes halogenated alkanes) is 2. The van der Waals surface area contributed by atoms with Gasteiger partial charge in [-0.15, -0.1) is 0 Å². The van der Waals surface area contributed by atoms with Crippen LogP contribution in [-0.4, -0.2) is 17.9 Å². The molecular weight excluding hydrogens is 256 g/mol. The van der Waals surface area contributed by atoms with E-state index < -0.39 is 11.8 Å². The highest BCUT2D eigenvalue weighted by Gasteiger charge is 2.26. The van der Waals surface area contributed by atoms with Gasteiger partial charge in [0.2, 0.25) is 0 Å². The number of hydrogen-bond donors (Lipinski definition) is 0. The van der Waals surface area contributed by atoms with E-state index in [1.807, 2.05) is 13.8 Å². The van der Waals surface area contributed by atoms with E-state index >= 15 is 0 Å². The van der Waals surface area contributed by atoms with Crippen LogP contribution in [0.15, 0.2) is 0 Å². The third kappa shape index (κ3) is 7.13. The summed E-state index contributed by atoms with van der Waals surface area (Å²) in [4.78, 5) is 21.7. The predicted molar refractivity (Wildman–Crippen MR) is 78.3 cm³/mol. The van der Waals surface area contributed by atoms with Gasteiger partial charge in [0, 0.05) is 0 Å². The first kappa shape index (κ1) is 17.3. The van der Waals surface area contributed by atoms with Crippen molar-refractivity contribution < 1.29 is 19.3 Å². The Bertz CT molecular complexity index is 288. The Balaban J connectivity index is 2.21. The van der Waals surface area contributed by atoms with Crippen LogP contribution in [0.3, 0.4) is 0 Å². The second kappa shape index (κ2) is 8.50. The minimum absolute atomic E-state index is 0.0157. The Morgan fingerprint density at radius 1 is 1.25 bits per heavy atom. The summed E-state index contributed by atoms with van der Waals surface area (Å²) >= 11 is 0. The molecule has 0 heterocycles. The zero-order valence-corrected chi connectivity index (χ0v) is 13.4. The van der Waals surface area contributed by atoms with E-state index in [-0.39, 0.29) is 6.10 Å². The topological polar surface area (TPSA) is 44.8 Å². The van der Waals surface area contributed by atoms with Gasteiger partial charge in [-0.05, 0) is 45.4 Å². The minimum atomic E-state index is -0.701. The maximum absolute atomic E-state index is 11.6. The van der Waals surface area contributed by atoms with E-state index in [1.54, 1.807) is 0 Å². The number of carbonyl (C=O) groups is 1. The summed E-state index contributed by atoms with van der Waals surface area (Å²) in [6.07, 6.45) is 7.74. The Morgan fingerprint density at radius 2 is 2.00 bits per heavy atom. The molecule has 2 atom stereocenters. The van der Waals surface area contributed by atoms with Gasteiger partial charge in [0.1, 0.15) is 11.7 Å². The summed E-state index contributed by atoms with van der Waals surface area (Å²) in [6, 6.07) is 0. The maximum atomic E-state index is 11.6. The molecule has 0 aliphatic heterocycles. The average molecular weight is 286 g/mol. The summed E-state index contributed by atoms with van der Waals surface area (Å²) in [7, 11) is 0. The van der Waals surface area contributed by atoms with E-state index in [0.29, 0.717) is 5.92 Å². The average Bonchev–Trinajstić information content (AvgIpc) is 2.37. The van der Waals surface area contributed by atoms with E-state index in [1.165, 1.54) is 12.8 Å². The number of rotatable bonds is 7. The Morgan fingerprint density at radius 3 is 2.65 bits per heavy atom. The lowest BCUT2D eigenvalue weighted by Gasteiger charge is -2.27. The summed E-state index contributed by atoms with van der Waals surface area (Å²) < 4.78 is 5.30. The SMILES string of the molecule is CCCCCC(C)(C)OOC(=O)OC1CCCC(C)C1. The fraction of sp³-hybridized carbons (Fsp3) is 0.938. The van der Waals surface area contributed by atoms with Gasteiger partial charge < -0.3 is 4.74 Å². The van der Waals surface area contributed by atoms with Gasteiger partial charge >= 0.3 is 6.16 Å². The van der Waals surface area contributed by atoms with Gasteiger partial charge in [-0.25, -0.2) is 4.79 Å². The van der Waals surface area contributed by atoms with Crippen molar-refractivity contribution in [1.29, 1.82) is 0 Å². The van der Waals surface area contributed by atoms with Crippen LogP contribution < -0.4 is 0 Å². The highest BCUT2D eigenvalue weighted by Crippen LogP contribution is 2.26. The lowest BCUT2D eigenvalue weighted by molar-refractivity contribution is -0.321. The van der Waals surface area contributed by atoms with Crippen LogP contribution in [0.2, 0.25) is 0 Å². The van der Waals surface area contributed by atoms with Crippen molar-refractivity contribution >= 4 is 6.16 Å². The molecule has 1 aliphatic rings. The standard InChI is InChI=1S/C16H30O4/c1-5-6-7-11-16(3,4)20-19-15(17)18-14-10-8-9-13(2)12-14/h13-14H,5-12H2,1-4H3. The number of ether oxygens (including phenoxy) is 1. The van der Waals surface area contributed by atoms with E-state index in [4.69, 9.17) is 14.5 Å². The molecule has 118 valence electrons. The van der Waals surface area contributed by atoms with Gasteiger partial charge in [-0.1, -0.05) is 39.5 Å². The molecule has 1 rings (SSSR count). The van der Waals surface area contributed by atoms with Crippen LogP contribution in [0, 0.1) is 5.92 Å². The van der Waals surface area contributed by atoms with Gasteiger partial charge in [-0.3, -0.25) is 4.89 Å². The molecule has 1 aliphatic carbocycles. The molecule has 1 fully saturated rings. The third-order valence-corrected chi connectivity index (χ3v) is 3.87. The van der Waals surface area contributed by atoms with Crippen LogP contribution in [0.4, 0.5) is 4.79 Å². The van der Waals surface area contributed by atoms with Crippen molar-refractivity contribution in [2.75, 3.05) is 0 Å². The van der Waals surface area contributed by atoms with Crippen molar-refractivity contribution in [3.63, 3.8) is 0 Å². The molecule has 2 unspecified atom stereocenters. The second-order valence-corrected chi connectivity index (χ2v) is 6.65. The van der Waals surface area contributed by atoms with Gasteiger partial charge in [-0.2, -0.15) is 4.89 Å².